The van der Waals surface area contributed by atoms with E-state index in [-0.39, 0.29) is 6.61 Å². The Balaban J connectivity index is 3.67. The molecule has 0 saturated heterocycles. The lowest BCUT2D eigenvalue weighted by molar-refractivity contribution is 0.0877. The van der Waals surface area contributed by atoms with Crippen LogP contribution in [0.2, 0.25) is 0 Å². The van der Waals surface area contributed by atoms with Crippen LogP contribution in [0.1, 0.15) is 19.8 Å². The number of hydrogen-bond acceptors (Lipinski definition) is 3. The Hall–Kier alpha value is -0.590. The molecule has 2 atom stereocenters. The van der Waals surface area contributed by atoms with E-state index in [4.69, 9.17) is 15.5 Å². The lowest BCUT2D eigenvalue weighted by Crippen LogP contribution is -2.21. The van der Waals surface area contributed by atoms with Crippen LogP contribution in [0.15, 0.2) is 0 Å². The summed E-state index contributed by atoms with van der Waals surface area (Å²) in [5.41, 5.74) is 0. The zero-order valence-corrected chi connectivity index (χ0v) is 6.12. The summed E-state index contributed by atoms with van der Waals surface area (Å²) in [7, 11) is 0. The zero-order chi connectivity index (χ0) is 7.98. The van der Waals surface area contributed by atoms with E-state index in [9.17, 15) is 0 Å². The summed E-state index contributed by atoms with van der Waals surface area (Å²) in [6, 6.07) is 1.84. The fraction of sp³-hybridized carbons (Fsp3) is 0.857. The Labute approximate surface area is 60.9 Å². The third kappa shape index (κ3) is 2.81. The number of aliphatic hydroxyl groups is 2. The molecular weight excluding hydrogens is 130 g/mol. The average Bonchev–Trinajstić information content (AvgIpc) is 1.91. The summed E-state index contributed by atoms with van der Waals surface area (Å²) in [5.74, 6) is -0.611. The number of nitrogens with zero attached hydrogens (tertiary/aromatic N) is 1. The largest absolute Gasteiger partial charge is 0.395 e. The van der Waals surface area contributed by atoms with Gasteiger partial charge in [0.1, 0.15) is 0 Å². The maximum absolute atomic E-state index is 9.13. The molecule has 0 heterocycles. The first kappa shape index (κ1) is 9.41. The molecular formula is C7H13NO2. The van der Waals surface area contributed by atoms with Gasteiger partial charge in [-0.3, -0.25) is 0 Å². The van der Waals surface area contributed by atoms with Crippen LogP contribution in [0.4, 0.5) is 0 Å². The first-order valence-electron chi connectivity index (χ1n) is 3.44. The van der Waals surface area contributed by atoms with Crippen molar-refractivity contribution >= 4 is 0 Å². The van der Waals surface area contributed by atoms with E-state index < -0.39 is 12.0 Å². The van der Waals surface area contributed by atoms with Crippen LogP contribution in [0.5, 0.6) is 0 Å². The fourth-order valence-corrected chi connectivity index (χ4v) is 0.745. The minimum atomic E-state index is -0.667. The van der Waals surface area contributed by atoms with Gasteiger partial charge >= 0.3 is 0 Å². The highest BCUT2D eigenvalue weighted by Gasteiger charge is 2.15. The summed E-state index contributed by atoms with van der Waals surface area (Å²) >= 11 is 0. The first-order valence-corrected chi connectivity index (χ1v) is 3.44. The zero-order valence-electron chi connectivity index (χ0n) is 6.12. The standard InChI is InChI=1S/C7H13NO2/c1-2-3-7(10)6(4-8)5-9/h6-7,9-10H,2-3,5H2,1H3/t6-,7+/m1/s1. The highest BCUT2D eigenvalue weighted by molar-refractivity contribution is 4.87. The van der Waals surface area contributed by atoms with Crippen molar-refractivity contribution < 1.29 is 10.2 Å². The van der Waals surface area contributed by atoms with Gasteiger partial charge < -0.3 is 10.2 Å². The monoisotopic (exact) mass is 143 g/mol. The van der Waals surface area contributed by atoms with Crippen molar-refractivity contribution in [2.45, 2.75) is 25.9 Å². The van der Waals surface area contributed by atoms with Gasteiger partial charge in [0.05, 0.1) is 24.7 Å². The molecule has 0 aromatic carbocycles. The summed E-state index contributed by atoms with van der Waals surface area (Å²) < 4.78 is 0. The number of aliphatic hydroxyl groups excluding tert-OH is 2. The smallest absolute Gasteiger partial charge is 0.0952 e. The predicted octanol–water partition coefficient (Wildman–Crippen LogP) is 0.279. The van der Waals surface area contributed by atoms with Crippen LogP contribution in [0.25, 0.3) is 0 Å². The lowest BCUT2D eigenvalue weighted by atomic mass is 10.0. The van der Waals surface area contributed by atoms with Crippen LogP contribution < -0.4 is 0 Å². The van der Waals surface area contributed by atoms with Crippen molar-refractivity contribution in [2.75, 3.05) is 6.61 Å². The van der Waals surface area contributed by atoms with Gasteiger partial charge in [-0.05, 0) is 6.42 Å². The molecule has 0 aliphatic rings. The van der Waals surface area contributed by atoms with Gasteiger partial charge in [0.15, 0.2) is 0 Å². The predicted molar refractivity (Wildman–Crippen MR) is 37.1 cm³/mol. The number of rotatable bonds is 4. The summed E-state index contributed by atoms with van der Waals surface area (Å²) in [5, 5.41) is 26.0. The third-order valence-electron chi connectivity index (χ3n) is 1.41. The van der Waals surface area contributed by atoms with E-state index in [1.54, 1.807) is 0 Å². The number of nitriles is 1. The summed E-state index contributed by atoms with van der Waals surface area (Å²) in [4.78, 5) is 0. The van der Waals surface area contributed by atoms with E-state index >= 15 is 0 Å². The first-order chi connectivity index (χ1) is 4.76. The SMILES string of the molecule is CCC[C@H](O)[C@H](C#N)CO. The van der Waals surface area contributed by atoms with Gasteiger partial charge in [-0.1, -0.05) is 13.3 Å². The van der Waals surface area contributed by atoms with Crippen molar-refractivity contribution in [1.29, 1.82) is 5.26 Å². The molecule has 0 rings (SSSR count). The van der Waals surface area contributed by atoms with Gasteiger partial charge in [0, 0.05) is 0 Å². The molecule has 0 aliphatic heterocycles. The molecule has 0 unspecified atom stereocenters. The molecule has 3 nitrogen and oxygen atoms in total. The Kier molecular flexibility index (Phi) is 4.91. The van der Waals surface area contributed by atoms with E-state index in [0.29, 0.717) is 6.42 Å². The molecule has 0 spiro atoms. The minimum Gasteiger partial charge on any atom is -0.395 e. The highest BCUT2D eigenvalue weighted by atomic mass is 16.3. The van der Waals surface area contributed by atoms with Crippen molar-refractivity contribution in [3.8, 4) is 6.07 Å². The van der Waals surface area contributed by atoms with Crippen molar-refractivity contribution in [2.24, 2.45) is 5.92 Å². The molecule has 0 aromatic rings. The van der Waals surface area contributed by atoms with Crippen molar-refractivity contribution in [1.82, 2.24) is 0 Å². The van der Waals surface area contributed by atoms with Crippen LogP contribution in [-0.4, -0.2) is 22.9 Å². The van der Waals surface area contributed by atoms with Crippen molar-refractivity contribution in [3.05, 3.63) is 0 Å². The van der Waals surface area contributed by atoms with Gasteiger partial charge in [-0.15, -0.1) is 0 Å². The molecule has 0 saturated carbocycles. The second-order valence-corrected chi connectivity index (χ2v) is 2.27. The molecule has 10 heavy (non-hydrogen) atoms. The molecule has 58 valence electrons. The Morgan fingerprint density at radius 3 is 2.50 bits per heavy atom. The molecule has 0 bridgehead atoms. The highest BCUT2D eigenvalue weighted by Crippen LogP contribution is 2.07. The van der Waals surface area contributed by atoms with Crippen LogP contribution in [0.3, 0.4) is 0 Å². The Morgan fingerprint density at radius 2 is 2.20 bits per heavy atom. The molecule has 0 aliphatic carbocycles. The lowest BCUT2D eigenvalue weighted by Gasteiger charge is -2.11. The maximum atomic E-state index is 9.13. The molecule has 0 amide bonds. The van der Waals surface area contributed by atoms with Gasteiger partial charge in [-0.2, -0.15) is 5.26 Å². The quantitative estimate of drug-likeness (QED) is 0.594. The summed E-state index contributed by atoms with van der Waals surface area (Å²) in [6.07, 6.45) is 0.748. The topological polar surface area (TPSA) is 64.2 Å². The third-order valence-corrected chi connectivity index (χ3v) is 1.41. The van der Waals surface area contributed by atoms with E-state index in [1.807, 2.05) is 13.0 Å². The second kappa shape index (κ2) is 5.21. The molecule has 3 heteroatoms. The van der Waals surface area contributed by atoms with E-state index in [0.717, 1.165) is 6.42 Å². The second-order valence-electron chi connectivity index (χ2n) is 2.27. The Bertz CT molecular complexity index is 119. The molecule has 0 fully saturated rings. The van der Waals surface area contributed by atoms with Crippen LogP contribution in [0, 0.1) is 17.2 Å². The summed E-state index contributed by atoms with van der Waals surface area (Å²) in [6.45, 7) is 1.67. The number of hydrogen-bond donors (Lipinski definition) is 2. The Morgan fingerprint density at radius 1 is 1.60 bits per heavy atom. The molecule has 0 aromatic heterocycles. The van der Waals surface area contributed by atoms with E-state index in [1.165, 1.54) is 0 Å². The molecule has 2 N–H and O–H groups in total. The van der Waals surface area contributed by atoms with Crippen molar-refractivity contribution in [3.63, 3.8) is 0 Å². The van der Waals surface area contributed by atoms with E-state index in [2.05, 4.69) is 0 Å². The van der Waals surface area contributed by atoms with Crippen LogP contribution >= 0.6 is 0 Å². The normalized spacial score (nSPS) is 15.8. The maximum Gasteiger partial charge on any atom is 0.0952 e. The average molecular weight is 143 g/mol. The van der Waals surface area contributed by atoms with Gasteiger partial charge in [0.2, 0.25) is 0 Å². The van der Waals surface area contributed by atoms with Gasteiger partial charge in [0.25, 0.3) is 0 Å². The fourth-order valence-electron chi connectivity index (χ4n) is 0.745. The van der Waals surface area contributed by atoms with Crippen LogP contribution in [-0.2, 0) is 0 Å². The minimum absolute atomic E-state index is 0.252. The molecule has 0 radical (unpaired) electrons. The van der Waals surface area contributed by atoms with Gasteiger partial charge in [-0.25, -0.2) is 0 Å².